The molecule has 3 N–H and O–H groups in total. The average Bonchev–Trinajstić information content (AvgIpc) is 2.52. The van der Waals surface area contributed by atoms with E-state index in [0.29, 0.717) is 5.75 Å². The number of aliphatic hydroxyl groups is 2. The van der Waals surface area contributed by atoms with Crippen LogP contribution in [0.15, 0.2) is 24.3 Å². The van der Waals surface area contributed by atoms with E-state index in [1.165, 1.54) is 5.56 Å². The van der Waals surface area contributed by atoms with E-state index in [9.17, 15) is 5.11 Å². The second-order valence-corrected chi connectivity index (χ2v) is 5.98. The van der Waals surface area contributed by atoms with E-state index < -0.39 is 6.10 Å². The number of aliphatic hydroxyl groups excluding tert-OH is 2. The number of thioether (sulfide) groups is 1. The van der Waals surface area contributed by atoms with Gasteiger partial charge in [-0.3, -0.25) is 0 Å². The maximum Gasteiger partial charge on any atom is 0.119 e. The molecule has 0 spiro atoms. The third kappa shape index (κ3) is 7.18. The van der Waals surface area contributed by atoms with Gasteiger partial charge >= 0.3 is 0 Å². The van der Waals surface area contributed by atoms with Gasteiger partial charge in [-0.05, 0) is 30.7 Å². The minimum atomic E-state index is -0.637. The van der Waals surface area contributed by atoms with Gasteiger partial charge in [0.05, 0.1) is 19.3 Å². The van der Waals surface area contributed by atoms with Crippen LogP contribution in [-0.4, -0.2) is 47.6 Å². The summed E-state index contributed by atoms with van der Waals surface area (Å²) in [6, 6.07) is 8.42. The van der Waals surface area contributed by atoms with Crippen LogP contribution in [0.5, 0.6) is 5.75 Å². The van der Waals surface area contributed by atoms with Crippen LogP contribution in [-0.2, 0) is 0 Å². The topological polar surface area (TPSA) is 61.7 Å². The summed E-state index contributed by atoms with van der Waals surface area (Å²) in [7, 11) is 0. The Morgan fingerprint density at radius 2 is 1.90 bits per heavy atom. The van der Waals surface area contributed by atoms with Crippen molar-refractivity contribution in [2.75, 3.05) is 31.3 Å². The number of ether oxygens (including phenoxy) is 1. The van der Waals surface area contributed by atoms with Crippen LogP contribution in [0.1, 0.15) is 31.9 Å². The lowest BCUT2D eigenvalue weighted by molar-refractivity contribution is 0.113. The molecular weight excluding hydrogens is 286 g/mol. The van der Waals surface area contributed by atoms with Crippen LogP contribution in [0.25, 0.3) is 0 Å². The molecule has 0 fully saturated rings. The van der Waals surface area contributed by atoms with Crippen LogP contribution in [0.3, 0.4) is 0 Å². The third-order valence-corrected chi connectivity index (χ3v) is 4.20. The second-order valence-electron chi connectivity index (χ2n) is 4.90. The normalized spacial score (nSPS) is 13.9. The van der Waals surface area contributed by atoms with Crippen molar-refractivity contribution in [1.82, 2.24) is 5.32 Å². The SMILES string of the molecule is CCCOc1ccc(C(CSCC(O)CO)NCC)cc1. The first-order chi connectivity index (χ1) is 10.2. The van der Waals surface area contributed by atoms with Gasteiger partial charge in [-0.2, -0.15) is 11.8 Å². The van der Waals surface area contributed by atoms with Crippen molar-refractivity contribution in [3.05, 3.63) is 29.8 Å². The molecule has 0 amide bonds. The molecule has 0 heterocycles. The Morgan fingerprint density at radius 3 is 2.48 bits per heavy atom. The van der Waals surface area contributed by atoms with Crippen LogP contribution in [0.4, 0.5) is 0 Å². The van der Waals surface area contributed by atoms with Gasteiger partial charge in [0.25, 0.3) is 0 Å². The van der Waals surface area contributed by atoms with Crippen molar-refractivity contribution in [1.29, 1.82) is 0 Å². The molecule has 1 aromatic rings. The molecule has 0 saturated carbocycles. The molecule has 0 aliphatic carbocycles. The lowest BCUT2D eigenvalue weighted by atomic mass is 10.1. The summed E-state index contributed by atoms with van der Waals surface area (Å²) in [5.74, 6) is 2.31. The molecule has 2 atom stereocenters. The van der Waals surface area contributed by atoms with E-state index in [0.717, 1.165) is 31.1 Å². The lowest BCUT2D eigenvalue weighted by Crippen LogP contribution is -2.24. The van der Waals surface area contributed by atoms with Crippen LogP contribution in [0, 0.1) is 0 Å². The molecule has 0 radical (unpaired) electrons. The number of hydrogen-bond acceptors (Lipinski definition) is 5. The van der Waals surface area contributed by atoms with Crippen LogP contribution in [0.2, 0.25) is 0 Å². The minimum Gasteiger partial charge on any atom is -0.494 e. The second kappa shape index (κ2) is 10.9. The Morgan fingerprint density at radius 1 is 1.19 bits per heavy atom. The van der Waals surface area contributed by atoms with Crippen molar-refractivity contribution >= 4 is 11.8 Å². The van der Waals surface area contributed by atoms with Crippen molar-refractivity contribution in [2.24, 2.45) is 0 Å². The number of rotatable bonds is 11. The molecule has 4 nitrogen and oxygen atoms in total. The van der Waals surface area contributed by atoms with Gasteiger partial charge in [0, 0.05) is 17.5 Å². The van der Waals surface area contributed by atoms with Crippen molar-refractivity contribution < 1.29 is 14.9 Å². The maximum atomic E-state index is 9.38. The average molecular weight is 313 g/mol. The smallest absolute Gasteiger partial charge is 0.119 e. The summed E-state index contributed by atoms with van der Waals surface area (Å²) in [5, 5.41) is 21.7. The first kappa shape index (κ1) is 18.3. The molecule has 0 bridgehead atoms. The largest absolute Gasteiger partial charge is 0.494 e. The Bertz CT molecular complexity index is 372. The highest BCUT2D eigenvalue weighted by molar-refractivity contribution is 7.99. The van der Waals surface area contributed by atoms with E-state index in [-0.39, 0.29) is 12.6 Å². The lowest BCUT2D eigenvalue weighted by Gasteiger charge is -2.19. The first-order valence-corrected chi connectivity index (χ1v) is 8.69. The number of benzene rings is 1. The molecule has 0 aliphatic heterocycles. The highest BCUT2D eigenvalue weighted by Crippen LogP contribution is 2.22. The predicted octanol–water partition coefficient (Wildman–Crippen LogP) is 2.21. The zero-order valence-corrected chi connectivity index (χ0v) is 13.7. The van der Waals surface area contributed by atoms with Crippen LogP contribution >= 0.6 is 11.8 Å². The van der Waals surface area contributed by atoms with Crippen molar-refractivity contribution in [3.8, 4) is 5.75 Å². The van der Waals surface area contributed by atoms with Gasteiger partial charge in [-0.15, -0.1) is 0 Å². The molecule has 21 heavy (non-hydrogen) atoms. The van der Waals surface area contributed by atoms with E-state index in [4.69, 9.17) is 9.84 Å². The van der Waals surface area contributed by atoms with E-state index in [1.807, 2.05) is 12.1 Å². The van der Waals surface area contributed by atoms with Crippen molar-refractivity contribution in [3.63, 3.8) is 0 Å². The molecule has 1 rings (SSSR count). The fourth-order valence-electron chi connectivity index (χ4n) is 1.91. The van der Waals surface area contributed by atoms with E-state index >= 15 is 0 Å². The van der Waals surface area contributed by atoms with Crippen LogP contribution < -0.4 is 10.1 Å². The van der Waals surface area contributed by atoms with Gasteiger partial charge in [0.15, 0.2) is 0 Å². The number of nitrogens with one attached hydrogen (secondary N) is 1. The quantitative estimate of drug-likeness (QED) is 0.585. The van der Waals surface area contributed by atoms with Gasteiger partial charge < -0.3 is 20.3 Å². The summed E-state index contributed by atoms with van der Waals surface area (Å²) in [6.07, 6.45) is 0.369. The molecule has 0 aromatic heterocycles. The Kier molecular flexibility index (Phi) is 9.50. The zero-order chi connectivity index (χ0) is 15.5. The monoisotopic (exact) mass is 313 g/mol. The number of hydrogen-bond donors (Lipinski definition) is 3. The summed E-state index contributed by atoms with van der Waals surface area (Å²) in [4.78, 5) is 0. The molecule has 0 saturated heterocycles. The van der Waals surface area contributed by atoms with E-state index in [2.05, 4.69) is 31.3 Å². The summed E-state index contributed by atoms with van der Waals surface area (Å²) < 4.78 is 5.59. The molecular formula is C16H27NO3S. The molecule has 1 aromatic carbocycles. The zero-order valence-electron chi connectivity index (χ0n) is 12.9. The summed E-state index contributed by atoms with van der Waals surface area (Å²) in [6.45, 7) is 5.63. The van der Waals surface area contributed by atoms with Gasteiger partial charge in [-0.1, -0.05) is 26.0 Å². The maximum absolute atomic E-state index is 9.38. The fraction of sp³-hybridized carbons (Fsp3) is 0.625. The molecule has 5 heteroatoms. The standard InChI is InChI=1S/C16H27NO3S/c1-3-9-20-15-7-5-13(6-8-15)16(17-4-2)12-21-11-14(19)10-18/h5-8,14,16-19H,3-4,9-12H2,1-2H3. The summed E-state index contributed by atoms with van der Waals surface area (Å²) in [5.41, 5.74) is 1.21. The summed E-state index contributed by atoms with van der Waals surface area (Å²) >= 11 is 1.64. The van der Waals surface area contributed by atoms with Crippen molar-refractivity contribution in [2.45, 2.75) is 32.4 Å². The Hall–Kier alpha value is -0.750. The highest BCUT2D eigenvalue weighted by atomic mass is 32.2. The fourth-order valence-corrected chi connectivity index (χ4v) is 2.97. The molecule has 2 unspecified atom stereocenters. The Labute approximate surface area is 131 Å². The van der Waals surface area contributed by atoms with Gasteiger partial charge in [0.1, 0.15) is 5.75 Å². The van der Waals surface area contributed by atoms with E-state index in [1.54, 1.807) is 11.8 Å². The minimum absolute atomic E-state index is 0.178. The molecule has 0 aliphatic rings. The van der Waals surface area contributed by atoms with Gasteiger partial charge in [-0.25, -0.2) is 0 Å². The third-order valence-electron chi connectivity index (χ3n) is 3.01. The Balaban J connectivity index is 2.54. The molecule has 120 valence electrons. The highest BCUT2D eigenvalue weighted by Gasteiger charge is 2.12. The predicted molar refractivity (Wildman–Crippen MR) is 89.1 cm³/mol. The van der Waals surface area contributed by atoms with Gasteiger partial charge in [0.2, 0.25) is 0 Å². The first-order valence-electron chi connectivity index (χ1n) is 7.54.